The van der Waals surface area contributed by atoms with Crippen molar-refractivity contribution in [2.75, 3.05) is 24.8 Å². The SMILES string of the molecule is O=C(O)C(Cc1ccccc1)NN(CCCl)CCCl. The van der Waals surface area contributed by atoms with Crippen LogP contribution in [0.2, 0.25) is 0 Å². The normalized spacial score (nSPS) is 12.6. The average Bonchev–Trinajstić information content (AvgIpc) is 2.39. The predicted octanol–water partition coefficient (Wildman–Crippen LogP) is 1.97. The molecule has 0 amide bonds. The maximum atomic E-state index is 11.3. The average molecular weight is 305 g/mol. The molecule has 0 bridgehead atoms. The standard InChI is InChI=1S/C13H18Cl2N2O2/c14-6-8-17(9-7-15)16-12(13(18)19)10-11-4-2-1-3-5-11/h1-5,12,16H,6-10H2,(H,18,19). The summed E-state index contributed by atoms with van der Waals surface area (Å²) < 4.78 is 0. The predicted molar refractivity (Wildman–Crippen MR) is 77.7 cm³/mol. The number of hydrazine groups is 1. The number of nitrogens with one attached hydrogen (secondary N) is 1. The Labute approximate surface area is 123 Å². The van der Waals surface area contributed by atoms with Gasteiger partial charge in [0.05, 0.1) is 0 Å². The smallest absolute Gasteiger partial charge is 0.322 e. The minimum atomic E-state index is -0.891. The quantitative estimate of drug-likeness (QED) is 0.541. The fourth-order valence-electron chi connectivity index (χ4n) is 1.70. The number of rotatable bonds is 9. The molecule has 1 aromatic rings. The zero-order chi connectivity index (χ0) is 14.1. The second-order valence-electron chi connectivity index (χ2n) is 4.07. The molecule has 1 atom stereocenters. The molecule has 0 saturated carbocycles. The van der Waals surface area contributed by atoms with Gasteiger partial charge in [-0.3, -0.25) is 4.79 Å². The van der Waals surface area contributed by atoms with E-state index in [9.17, 15) is 9.90 Å². The Kier molecular flexibility index (Phi) is 7.82. The highest BCUT2D eigenvalue weighted by atomic mass is 35.5. The minimum absolute atomic E-state index is 0.414. The van der Waals surface area contributed by atoms with Gasteiger partial charge in [0.2, 0.25) is 0 Å². The minimum Gasteiger partial charge on any atom is -0.480 e. The summed E-state index contributed by atoms with van der Waals surface area (Å²) in [6, 6.07) is 8.82. The van der Waals surface area contributed by atoms with Gasteiger partial charge in [-0.05, 0) is 12.0 Å². The molecule has 0 aromatic heterocycles. The van der Waals surface area contributed by atoms with Gasteiger partial charge in [0.1, 0.15) is 6.04 Å². The fraction of sp³-hybridized carbons (Fsp3) is 0.462. The van der Waals surface area contributed by atoms with Crippen molar-refractivity contribution in [1.29, 1.82) is 0 Å². The van der Waals surface area contributed by atoms with E-state index in [2.05, 4.69) is 5.43 Å². The first-order valence-corrected chi connectivity index (χ1v) is 7.14. The molecule has 0 saturated heterocycles. The summed E-state index contributed by atoms with van der Waals surface area (Å²) in [6.45, 7) is 1.10. The Morgan fingerprint density at radius 3 is 2.26 bits per heavy atom. The second kappa shape index (κ2) is 9.15. The van der Waals surface area contributed by atoms with Crippen LogP contribution in [-0.4, -0.2) is 47.0 Å². The van der Waals surface area contributed by atoms with Crippen LogP contribution in [0.5, 0.6) is 0 Å². The summed E-state index contributed by atoms with van der Waals surface area (Å²) in [4.78, 5) is 11.3. The molecule has 106 valence electrons. The number of carboxylic acid groups (broad SMARTS) is 1. The molecule has 0 aliphatic carbocycles. The highest BCUT2D eigenvalue weighted by Gasteiger charge is 2.20. The van der Waals surface area contributed by atoms with E-state index in [4.69, 9.17) is 23.2 Å². The van der Waals surface area contributed by atoms with Crippen molar-refractivity contribution in [2.24, 2.45) is 0 Å². The van der Waals surface area contributed by atoms with Crippen molar-refractivity contribution >= 4 is 29.2 Å². The number of hydrogen-bond acceptors (Lipinski definition) is 3. The largest absolute Gasteiger partial charge is 0.480 e. The molecule has 6 heteroatoms. The summed E-state index contributed by atoms with van der Waals surface area (Å²) >= 11 is 11.4. The van der Waals surface area contributed by atoms with Crippen molar-refractivity contribution in [3.05, 3.63) is 35.9 Å². The van der Waals surface area contributed by atoms with Gasteiger partial charge in [-0.1, -0.05) is 30.3 Å². The number of carboxylic acids is 1. The van der Waals surface area contributed by atoms with Crippen LogP contribution in [0.1, 0.15) is 5.56 Å². The summed E-state index contributed by atoms with van der Waals surface area (Å²) in [5, 5.41) is 11.0. The van der Waals surface area contributed by atoms with Gasteiger partial charge in [0, 0.05) is 24.8 Å². The number of hydrogen-bond donors (Lipinski definition) is 2. The monoisotopic (exact) mass is 304 g/mol. The molecule has 1 rings (SSSR count). The first kappa shape index (κ1) is 16.2. The molecule has 0 spiro atoms. The fourth-order valence-corrected chi connectivity index (χ4v) is 2.11. The van der Waals surface area contributed by atoms with Crippen LogP contribution in [0, 0.1) is 0 Å². The van der Waals surface area contributed by atoms with Gasteiger partial charge < -0.3 is 5.11 Å². The van der Waals surface area contributed by atoms with Crippen LogP contribution in [0.3, 0.4) is 0 Å². The third kappa shape index (κ3) is 6.25. The number of halogens is 2. The van der Waals surface area contributed by atoms with Gasteiger partial charge in [-0.15, -0.1) is 23.2 Å². The van der Waals surface area contributed by atoms with E-state index in [-0.39, 0.29) is 0 Å². The Bertz CT molecular complexity index is 370. The highest BCUT2D eigenvalue weighted by Crippen LogP contribution is 2.04. The summed E-state index contributed by atoms with van der Waals surface area (Å²) in [6.07, 6.45) is 0.414. The van der Waals surface area contributed by atoms with Crippen LogP contribution in [0.4, 0.5) is 0 Å². The molecule has 0 aliphatic rings. The van der Waals surface area contributed by atoms with Crippen LogP contribution >= 0.6 is 23.2 Å². The van der Waals surface area contributed by atoms with E-state index in [0.717, 1.165) is 5.56 Å². The summed E-state index contributed by atoms with van der Waals surface area (Å²) in [5.41, 5.74) is 3.94. The third-order valence-electron chi connectivity index (χ3n) is 2.63. The lowest BCUT2D eigenvalue weighted by atomic mass is 10.1. The second-order valence-corrected chi connectivity index (χ2v) is 4.83. The lowest BCUT2D eigenvalue weighted by Crippen LogP contribution is -2.50. The molecule has 0 radical (unpaired) electrons. The molecule has 2 N–H and O–H groups in total. The van der Waals surface area contributed by atoms with Gasteiger partial charge in [-0.25, -0.2) is 10.4 Å². The Balaban J connectivity index is 2.63. The Morgan fingerprint density at radius 1 is 1.21 bits per heavy atom. The van der Waals surface area contributed by atoms with E-state index in [1.165, 1.54) is 0 Å². The van der Waals surface area contributed by atoms with E-state index in [1.807, 2.05) is 30.3 Å². The number of carbonyl (C=O) groups is 1. The first-order valence-electron chi connectivity index (χ1n) is 6.07. The van der Waals surface area contributed by atoms with Crippen LogP contribution in [0.15, 0.2) is 30.3 Å². The molecule has 1 unspecified atom stereocenters. The topological polar surface area (TPSA) is 52.6 Å². The van der Waals surface area contributed by atoms with Gasteiger partial charge in [-0.2, -0.15) is 0 Å². The highest BCUT2D eigenvalue weighted by molar-refractivity contribution is 6.18. The zero-order valence-electron chi connectivity index (χ0n) is 10.6. The molecule has 19 heavy (non-hydrogen) atoms. The summed E-state index contributed by atoms with van der Waals surface area (Å²) in [5.74, 6) is -0.0543. The molecule has 4 nitrogen and oxygen atoms in total. The summed E-state index contributed by atoms with van der Waals surface area (Å²) in [7, 11) is 0. The molecular weight excluding hydrogens is 287 g/mol. The van der Waals surface area contributed by atoms with Crippen molar-refractivity contribution in [3.8, 4) is 0 Å². The maximum Gasteiger partial charge on any atom is 0.322 e. The van der Waals surface area contributed by atoms with Gasteiger partial charge in [0.25, 0.3) is 0 Å². The number of benzene rings is 1. The lowest BCUT2D eigenvalue weighted by molar-refractivity contribution is -0.141. The van der Waals surface area contributed by atoms with Crippen molar-refractivity contribution in [3.63, 3.8) is 0 Å². The molecular formula is C13H18Cl2N2O2. The Hall–Kier alpha value is -0.810. The molecule has 0 aliphatic heterocycles. The van der Waals surface area contributed by atoms with Crippen LogP contribution in [0.25, 0.3) is 0 Å². The van der Waals surface area contributed by atoms with Gasteiger partial charge >= 0.3 is 5.97 Å². The van der Waals surface area contributed by atoms with Crippen molar-refractivity contribution in [1.82, 2.24) is 10.4 Å². The first-order chi connectivity index (χ1) is 9.17. The third-order valence-corrected chi connectivity index (χ3v) is 2.97. The number of aliphatic carboxylic acids is 1. The van der Waals surface area contributed by atoms with Crippen LogP contribution in [-0.2, 0) is 11.2 Å². The lowest BCUT2D eigenvalue weighted by Gasteiger charge is -2.25. The molecule has 0 fully saturated rings. The van der Waals surface area contributed by atoms with E-state index >= 15 is 0 Å². The maximum absolute atomic E-state index is 11.3. The molecule has 0 heterocycles. The van der Waals surface area contributed by atoms with Crippen molar-refractivity contribution < 1.29 is 9.90 Å². The van der Waals surface area contributed by atoms with Crippen LogP contribution < -0.4 is 5.43 Å². The van der Waals surface area contributed by atoms with E-state index in [1.54, 1.807) is 5.01 Å². The zero-order valence-corrected chi connectivity index (χ0v) is 12.1. The Morgan fingerprint density at radius 2 is 1.79 bits per heavy atom. The van der Waals surface area contributed by atoms with E-state index < -0.39 is 12.0 Å². The van der Waals surface area contributed by atoms with Crippen molar-refractivity contribution in [2.45, 2.75) is 12.5 Å². The number of nitrogens with zero attached hydrogens (tertiary/aromatic N) is 1. The number of alkyl halides is 2. The van der Waals surface area contributed by atoms with E-state index in [0.29, 0.717) is 31.3 Å². The molecule has 1 aromatic carbocycles. The van der Waals surface area contributed by atoms with Gasteiger partial charge in [0.15, 0.2) is 0 Å².